The lowest BCUT2D eigenvalue weighted by molar-refractivity contribution is -0.136. The van der Waals surface area contributed by atoms with Crippen LogP contribution in [-0.4, -0.2) is 19.1 Å². The monoisotopic (exact) mass is 320 g/mol. The van der Waals surface area contributed by atoms with Crippen LogP contribution < -0.4 is 8.92 Å². The van der Waals surface area contributed by atoms with Crippen molar-refractivity contribution in [3.8, 4) is 11.5 Å². The van der Waals surface area contributed by atoms with Crippen LogP contribution in [0.25, 0.3) is 0 Å². The summed E-state index contributed by atoms with van der Waals surface area (Å²) in [7, 11) is -4.21. The first-order chi connectivity index (χ1) is 10.3. The van der Waals surface area contributed by atoms with Gasteiger partial charge < -0.3 is 8.92 Å². The largest absolute Gasteiger partial charge is 0.425 e. The second-order valence-corrected chi connectivity index (χ2v) is 7.16. The van der Waals surface area contributed by atoms with Gasteiger partial charge in [0.05, 0.1) is 0 Å². The van der Waals surface area contributed by atoms with Crippen LogP contribution in [0.1, 0.15) is 13.8 Å². The fourth-order valence-electron chi connectivity index (χ4n) is 1.53. The van der Waals surface area contributed by atoms with E-state index in [4.69, 9.17) is 8.92 Å². The number of esters is 1. The van der Waals surface area contributed by atoms with Crippen LogP contribution in [0.5, 0.6) is 11.5 Å². The normalized spacial score (nSPS) is 11.7. The first-order valence-electron chi connectivity index (χ1n) is 6.59. The minimum atomic E-state index is -4.21. The molecule has 0 amide bonds. The van der Waals surface area contributed by atoms with E-state index in [1.807, 2.05) is 0 Å². The molecule has 2 rings (SSSR count). The fraction of sp³-hybridized carbons (Fsp3) is 0.188. The van der Waals surface area contributed by atoms with Gasteiger partial charge in [-0.05, 0) is 38.1 Å². The molecule has 0 aromatic heterocycles. The first kappa shape index (κ1) is 16.0. The zero-order chi connectivity index (χ0) is 16.2. The average molecular weight is 320 g/mol. The lowest BCUT2D eigenvalue weighted by Gasteiger charge is -2.22. The van der Waals surface area contributed by atoms with Gasteiger partial charge in [-0.1, -0.05) is 36.4 Å². The second-order valence-electron chi connectivity index (χ2n) is 5.06. The molecule has 0 saturated heterocycles. The Morgan fingerprint density at radius 3 is 1.82 bits per heavy atom. The summed E-state index contributed by atoms with van der Waals surface area (Å²) in [5.41, 5.74) is 0. The molecule has 0 radical (unpaired) electrons. The third-order valence-corrected chi connectivity index (χ3v) is 4.85. The molecular weight excluding hydrogens is 304 g/mol. The number of benzene rings is 2. The molecule has 0 saturated carbocycles. The van der Waals surface area contributed by atoms with Gasteiger partial charge in [-0.25, -0.2) is 4.79 Å². The highest BCUT2D eigenvalue weighted by molar-refractivity contribution is 7.89. The van der Waals surface area contributed by atoms with Crippen molar-refractivity contribution in [2.24, 2.45) is 0 Å². The van der Waals surface area contributed by atoms with E-state index < -0.39 is 20.8 Å². The Bertz CT molecular complexity index is 737. The third-order valence-electron chi connectivity index (χ3n) is 3.02. The summed E-state index contributed by atoms with van der Waals surface area (Å²) in [4.78, 5) is 12.2. The van der Waals surface area contributed by atoms with Crippen LogP contribution in [0.3, 0.4) is 0 Å². The smallest absolute Gasteiger partial charge is 0.335 e. The van der Waals surface area contributed by atoms with Crippen LogP contribution >= 0.6 is 0 Å². The van der Waals surface area contributed by atoms with Crippen LogP contribution in [0, 0.1) is 0 Å². The summed E-state index contributed by atoms with van der Waals surface area (Å²) in [6.45, 7) is 2.49. The maximum Gasteiger partial charge on any atom is 0.335 e. The predicted molar refractivity (Wildman–Crippen MR) is 82.1 cm³/mol. The Morgan fingerprint density at radius 1 is 0.864 bits per heavy atom. The molecule has 5 nitrogen and oxygen atoms in total. The Labute approximate surface area is 129 Å². The molecule has 0 unspecified atom stereocenters. The molecule has 0 spiro atoms. The second kappa shape index (κ2) is 6.19. The van der Waals surface area contributed by atoms with Gasteiger partial charge in [-0.2, -0.15) is 8.42 Å². The number of carbonyl (C=O) groups is 1. The number of para-hydroxylation sites is 2. The van der Waals surface area contributed by atoms with E-state index in [2.05, 4.69) is 0 Å². The van der Waals surface area contributed by atoms with E-state index >= 15 is 0 Å². The highest BCUT2D eigenvalue weighted by Gasteiger charge is 2.46. The number of hydrogen-bond donors (Lipinski definition) is 0. The first-order valence-corrected chi connectivity index (χ1v) is 8.00. The molecule has 0 N–H and O–H groups in total. The number of ether oxygens (including phenoxy) is 1. The highest BCUT2D eigenvalue weighted by atomic mass is 32.2. The fourth-order valence-corrected chi connectivity index (χ4v) is 2.35. The molecule has 0 bridgehead atoms. The van der Waals surface area contributed by atoms with Crippen LogP contribution in [0.15, 0.2) is 60.7 Å². The van der Waals surface area contributed by atoms with Gasteiger partial charge in [0, 0.05) is 0 Å². The molecule has 22 heavy (non-hydrogen) atoms. The zero-order valence-electron chi connectivity index (χ0n) is 12.2. The van der Waals surface area contributed by atoms with E-state index in [1.54, 1.807) is 48.5 Å². The van der Waals surface area contributed by atoms with Crippen molar-refractivity contribution in [1.82, 2.24) is 0 Å². The van der Waals surface area contributed by atoms with Crippen LogP contribution in [0.4, 0.5) is 0 Å². The summed E-state index contributed by atoms with van der Waals surface area (Å²) in [5.74, 6) is -0.492. The molecule has 2 aromatic rings. The van der Waals surface area contributed by atoms with E-state index in [-0.39, 0.29) is 11.5 Å². The SMILES string of the molecule is CC(C)(C(=O)Oc1ccccc1)S(=O)(=O)Oc1ccccc1. The van der Waals surface area contributed by atoms with E-state index in [0.717, 1.165) is 0 Å². The Kier molecular flexibility index (Phi) is 4.51. The van der Waals surface area contributed by atoms with E-state index in [9.17, 15) is 13.2 Å². The van der Waals surface area contributed by atoms with E-state index in [1.165, 1.54) is 26.0 Å². The van der Waals surface area contributed by atoms with Gasteiger partial charge in [0.2, 0.25) is 0 Å². The molecule has 0 heterocycles. The number of hydrogen-bond acceptors (Lipinski definition) is 5. The van der Waals surface area contributed by atoms with Crippen molar-refractivity contribution in [1.29, 1.82) is 0 Å². The maximum atomic E-state index is 12.3. The molecule has 6 heteroatoms. The third kappa shape index (κ3) is 3.46. The zero-order valence-corrected chi connectivity index (χ0v) is 13.0. The molecule has 0 fully saturated rings. The highest BCUT2D eigenvalue weighted by Crippen LogP contribution is 2.24. The minimum absolute atomic E-state index is 0.142. The number of carbonyl (C=O) groups excluding carboxylic acids is 1. The molecule has 0 aliphatic heterocycles. The van der Waals surface area contributed by atoms with Crippen molar-refractivity contribution < 1.29 is 22.1 Å². The molecule has 2 aromatic carbocycles. The summed E-state index contributed by atoms with van der Waals surface area (Å²) in [6.07, 6.45) is 0. The van der Waals surface area contributed by atoms with Gasteiger partial charge in [0.15, 0.2) is 4.75 Å². The van der Waals surface area contributed by atoms with Gasteiger partial charge in [0.1, 0.15) is 11.5 Å². The van der Waals surface area contributed by atoms with Crippen molar-refractivity contribution >= 4 is 16.1 Å². The summed E-state index contributed by atoms with van der Waals surface area (Å²) >= 11 is 0. The summed E-state index contributed by atoms with van der Waals surface area (Å²) in [6, 6.07) is 16.3. The molecule has 116 valence electrons. The van der Waals surface area contributed by atoms with Gasteiger partial charge in [-0.3, -0.25) is 0 Å². The Hall–Kier alpha value is -2.34. The summed E-state index contributed by atoms with van der Waals surface area (Å²) in [5, 5.41) is 0. The Morgan fingerprint density at radius 2 is 1.32 bits per heavy atom. The van der Waals surface area contributed by atoms with Crippen molar-refractivity contribution in [2.45, 2.75) is 18.6 Å². The lowest BCUT2D eigenvalue weighted by atomic mass is 10.2. The van der Waals surface area contributed by atoms with E-state index in [0.29, 0.717) is 0 Å². The lowest BCUT2D eigenvalue weighted by Crippen LogP contribution is -2.45. The maximum absolute atomic E-state index is 12.3. The van der Waals surface area contributed by atoms with Crippen molar-refractivity contribution in [3.05, 3.63) is 60.7 Å². The van der Waals surface area contributed by atoms with Crippen molar-refractivity contribution in [3.63, 3.8) is 0 Å². The molecule has 0 atom stereocenters. The quantitative estimate of drug-likeness (QED) is 0.481. The number of rotatable bonds is 5. The molecule has 0 aliphatic rings. The topological polar surface area (TPSA) is 69.7 Å². The predicted octanol–water partition coefficient (Wildman–Crippen LogP) is 2.78. The van der Waals surface area contributed by atoms with Crippen LogP contribution in [-0.2, 0) is 14.9 Å². The molecular formula is C16H16O5S. The van der Waals surface area contributed by atoms with Gasteiger partial charge in [-0.15, -0.1) is 0 Å². The minimum Gasteiger partial charge on any atom is -0.425 e. The Balaban J connectivity index is 2.19. The van der Waals surface area contributed by atoms with Crippen LogP contribution in [0.2, 0.25) is 0 Å². The van der Waals surface area contributed by atoms with Crippen molar-refractivity contribution in [2.75, 3.05) is 0 Å². The average Bonchev–Trinajstić information content (AvgIpc) is 2.48. The summed E-state index contributed by atoms with van der Waals surface area (Å²) < 4.78 is 32.9. The molecule has 0 aliphatic carbocycles. The van der Waals surface area contributed by atoms with Gasteiger partial charge in [0.25, 0.3) is 0 Å². The van der Waals surface area contributed by atoms with Gasteiger partial charge >= 0.3 is 16.1 Å². The standard InChI is InChI=1S/C16H16O5S/c1-16(2,15(17)20-13-9-5-3-6-10-13)22(18,19)21-14-11-7-4-8-12-14/h3-12H,1-2H3.